The largest absolute Gasteiger partial charge is 0.508 e. The Morgan fingerprint density at radius 2 is 1.86 bits per heavy atom. The van der Waals surface area contributed by atoms with Crippen LogP contribution in [0.4, 0.5) is 0 Å². The molecule has 2 atom stereocenters. The average molecular weight is 380 g/mol. The van der Waals surface area contributed by atoms with Gasteiger partial charge in [0.05, 0.1) is 17.3 Å². The van der Waals surface area contributed by atoms with Crippen molar-refractivity contribution in [2.24, 2.45) is 5.92 Å². The Balaban J connectivity index is 1.79. The molecule has 0 bridgehead atoms. The van der Waals surface area contributed by atoms with E-state index < -0.39 is 11.8 Å². The van der Waals surface area contributed by atoms with Crippen LogP contribution in [0, 0.1) is 22.7 Å². The van der Waals surface area contributed by atoms with E-state index in [1.807, 2.05) is 48.5 Å². The number of ether oxygens (including phenoxy) is 1. The number of nitriles is 1. The zero-order valence-corrected chi connectivity index (χ0v) is 15.3. The third kappa shape index (κ3) is 2.64. The second-order valence-corrected chi connectivity index (χ2v) is 6.99. The monoisotopic (exact) mass is 380 g/mol. The third-order valence-corrected chi connectivity index (χ3v) is 5.33. The van der Waals surface area contributed by atoms with E-state index >= 15 is 0 Å². The van der Waals surface area contributed by atoms with E-state index in [0.717, 1.165) is 33.2 Å². The van der Waals surface area contributed by atoms with Gasteiger partial charge in [-0.05, 0) is 28.5 Å². The molecule has 0 radical (unpaired) electrons. The summed E-state index contributed by atoms with van der Waals surface area (Å²) in [4.78, 5) is 0. The number of phenols is 1. The van der Waals surface area contributed by atoms with Gasteiger partial charge in [-0.2, -0.15) is 5.26 Å². The maximum absolute atomic E-state index is 10.0. The second-order valence-electron chi connectivity index (χ2n) is 6.99. The average Bonchev–Trinajstić information content (AvgIpc) is 3.15. The molecule has 4 aromatic rings. The summed E-state index contributed by atoms with van der Waals surface area (Å²) in [5.74, 6) is -1.07. The zero-order valence-electron chi connectivity index (χ0n) is 15.3. The van der Waals surface area contributed by atoms with E-state index in [1.54, 1.807) is 18.2 Å². The first-order chi connectivity index (χ1) is 14.2. The minimum Gasteiger partial charge on any atom is -0.508 e. The highest BCUT2D eigenvalue weighted by Crippen LogP contribution is 2.47. The molecule has 3 aromatic carbocycles. The molecule has 0 spiro atoms. The predicted molar refractivity (Wildman–Crippen MR) is 109 cm³/mol. The smallest absolute Gasteiger partial charge is 0.244 e. The van der Waals surface area contributed by atoms with Crippen molar-refractivity contribution in [3.05, 3.63) is 77.9 Å². The SMILES string of the molecule is N#CC1C(=N)Oc2n[nH]c(-c3cccc4ccccc34)c2C1c1cccc(O)c1. The first-order valence-corrected chi connectivity index (χ1v) is 9.18. The fraction of sp³-hybridized carbons (Fsp3) is 0.0870. The molecule has 6 heteroatoms. The van der Waals surface area contributed by atoms with Crippen LogP contribution in [0.2, 0.25) is 0 Å². The number of nitrogens with zero attached hydrogens (tertiary/aromatic N) is 2. The number of hydrogen-bond donors (Lipinski definition) is 3. The molecule has 140 valence electrons. The van der Waals surface area contributed by atoms with E-state index in [4.69, 9.17) is 10.1 Å². The Morgan fingerprint density at radius 3 is 2.69 bits per heavy atom. The highest BCUT2D eigenvalue weighted by molar-refractivity contribution is 5.97. The highest BCUT2D eigenvalue weighted by Gasteiger charge is 2.41. The van der Waals surface area contributed by atoms with E-state index in [-0.39, 0.29) is 17.5 Å². The molecule has 1 aromatic heterocycles. The summed E-state index contributed by atoms with van der Waals surface area (Å²) in [6.45, 7) is 0. The van der Waals surface area contributed by atoms with Crippen LogP contribution >= 0.6 is 0 Å². The van der Waals surface area contributed by atoms with Crippen LogP contribution < -0.4 is 4.74 Å². The minimum atomic E-state index is -0.823. The number of aromatic nitrogens is 2. The molecule has 5 rings (SSSR count). The summed E-state index contributed by atoms with van der Waals surface area (Å²) >= 11 is 0. The topological polar surface area (TPSA) is 106 Å². The molecule has 0 amide bonds. The van der Waals surface area contributed by atoms with Gasteiger partial charge in [0.2, 0.25) is 11.8 Å². The van der Waals surface area contributed by atoms with Crippen molar-refractivity contribution in [2.45, 2.75) is 5.92 Å². The molecule has 29 heavy (non-hydrogen) atoms. The summed E-state index contributed by atoms with van der Waals surface area (Å²) in [7, 11) is 0. The molecule has 2 unspecified atom stereocenters. The Morgan fingerprint density at radius 1 is 1.07 bits per heavy atom. The van der Waals surface area contributed by atoms with Crippen LogP contribution in [0.5, 0.6) is 11.6 Å². The highest BCUT2D eigenvalue weighted by atomic mass is 16.5. The van der Waals surface area contributed by atoms with Gasteiger partial charge in [-0.15, -0.1) is 5.10 Å². The lowest BCUT2D eigenvalue weighted by Gasteiger charge is -2.28. The lowest BCUT2D eigenvalue weighted by atomic mass is 9.78. The summed E-state index contributed by atoms with van der Waals surface area (Å²) in [5, 5.41) is 37.5. The minimum absolute atomic E-state index is 0.106. The number of rotatable bonds is 2. The Hall–Kier alpha value is -4.11. The maximum Gasteiger partial charge on any atom is 0.244 e. The summed E-state index contributed by atoms with van der Waals surface area (Å²) in [6, 6.07) is 23.0. The van der Waals surface area contributed by atoms with Gasteiger partial charge in [-0.3, -0.25) is 10.5 Å². The number of aromatic amines is 1. The van der Waals surface area contributed by atoms with Gasteiger partial charge in [0.1, 0.15) is 11.7 Å². The predicted octanol–water partition coefficient (Wildman–Crippen LogP) is 4.58. The van der Waals surface area contributed by atoms with E-state index in [2.05, 4.69) is 16.3 Å². The molecule has 3 N–H and O–H groups in total. The molecule has 0 fully saturated rings. The standard InChI is InChI=1S/C23H16N4O2/c24-12-18-19(14-7-3-8-15(28)11-14)20-21(26-27-23(20)29-22(18)25)17-10-4-6-13-5-1-2-9-16(13)17/h1-11,18-19,25,28H,(H,26,27). The van der Waals surface area contributed by atoms with Gasteiger partial charge in [0.15, 0.2) is 0 Å². The second kappa shape index (κ2) is 6.50. The first-order valence-electron chi connectivity index (χ1n) is 9.18. The number of aromatic hydroxyl groups is 1. The van der Waals surface area contributed by atoms with Gasteiger partial charge in [-0.25, -0.2) is 0 Å². The van der Waals surface area contributed by atoms with Crippen molar-refractivity contribution in [2.75, 3.05) is 0 Å². The van der Waals surface area contributed by atoms with E-state index in [1.165, 1.54) is 0 Å². The molecule has 0 saturated heterocycles. The van der Waals surface area contributed by atoms with Crippen molar-refractivity contribution in [3.8, 4) is 29.0 Å². The van der Waals surface area contributed by atoms with Gasteiger partial charge < -0.3 is 9.84 Å². The van der Waals surface area contributed by atoms with Crippen molar-refractivity contribution >= 4 is 16.7 Å². The molecule has 1 aliphatic rings. The van der Waals surface area contributed by atoms with Crippen molar-refractivity contribution in [1.82, 2.24) is 10.2 Å². The molecule has 0 aliphatic carbocycles. The van der Waals surface area contributed by atoms with E-state index in [0.29, 0.717) is 0 Å². The number of nitrogens with one attached hydrogen (secondary N) is 2. The molecule has 0 saturated carbocycles. The van der Waals surface area contributed by atoms with Gasteiger partial charge in [0.25, 0.3) is 0 Å². The van der Waals surface area contributed by atoms with Crippen LogP contribution in [0.25, 0.3) is 22.0 Å². The van der Waals surface area contributed by atoms with Gasteiger partial charge in [0, 0.05) is 11.5 Å². The third-order valence-electron chi connectivity index (χ3n) is 5.33. The van der Waals surface area contributed by atoms with Crippen LogP contribution in [-0.2, 0) is 0 Å². The summed E-state index contributed by atoms with van der Waals surface area (Å²) < 4.78 is 5.59. The van der Waals surface area contributed by atoms with Crippen molar-refractivity contribution in [3.63, 3.8) is 0 Å². The lowest BCUT2D eigenvalue weighted by Crippen LogP contribution is -2.30. The Bertz CT molecular complexity index is 1300. The number of H-pyrrole nitrogens is 1. The number of phenolic OH excluding ortho intramolecular Hbond substituents is 1. The van der Waals surface area contributed by atoms with Gasteiger partial charge in [-0.1, -0.05) is 54.6 Å². The fourth-order valence-corrected chi connectivity index (χ4v) is 4.05. The lowest BCUT2D eigenvalue weighted by molar-refractivity contribution is 0.435. The van der Waals surface area contributed by atoms with Crippen LogP contribution in [0.3, 0.4) is 0 Å². The van der Waals surface area contributed by atoms with Crippen molar-refractivity contribution < 1.29 is 9.84 Å². The van der Waals surface area contributed by atoms with Crippen LogP contribution in [0.15, 0.2) is 66.7 Å². The number of benzene rings is 3. The number of fused-ring (bicyclic) bond motifs is 2. The summed E-state index contributed by atoms with van der Waals surface area (Å²) in [6.07, 6.45) is 0. The maximum atomic E-state index is 10.0. The molecular formula is C23H16N4O2. The quantitative estimate of drug-likeness (QED) is 0.473. The van der Waals surface area contributed by atoms with Gasteiger partial charge >= 0.3 is 0 Å². The van der Waals surface area contributed by atoms with Crippen LogP contribution in [0.1, 0.15) is 17.0 Å². The normalized spacial score (nSPS) is 18.1. The van der Waals surface area contributed by atoms with E-state index in [9.17, 15) is 10.4 Å². The molecule has 2 heterocycles. The molecule has 6 nitrogen and oxygen atoms in total. The molecular weight excluding hydrogens is 364 g/mol. The van der Waals surface area contributed by atoms with Crippen molar-refractivity contribution in [1.29, 1.82) is 10.7 Å². The number of hydrogen-bond acceptors (Lipinski definition) is 5. The Labute approximate surface area is 166 Å². The zero-order chi connectivity index (χ0) is 20.0. The fourth-order valence-electron chi connectivity index (χ4n) is 4.05. The van der Waals surface area contributed by atoms with Crippen LogP contribution in [-0.4, -0.2) is 21.2 Å². The first kappa shape index (κ1) is 17.0. The Kier molecular flexibility index (Phi) is 3.81. The molecule has 1 aliphatic heterocycles. The summed E-state index contributed by atoms with van der Waals surface area (Å²) in [5.41, 5.74) is 3.14.